The van der Waals surface area contributed by atoms with Crippen molar-refractivity contribution in [1.82, 2.24) is 9.97 Å². The predicted octanol–water partition coefficient (Wildman–Crippen LogP) is 1.92. The van der Waals surface area contributed by atoms with Gasteiger partial charge in [0.05, 0.1) is 9.26 Å². The summed E-state index contributed by atoms with van der Waals surface area (Å²) in [4.78, 5) is 8.40. The van der Waals surface area contributed by atoms with Gasteiger partial charge in [0, 0.05) is 0 Å². The van der Waals surface area contributed by atoms with Gasteiger partial charge in [0.1, 0.15) is 11.6 Å². The second-order valence-corrected chi connectivity index (χ2v) is 3.75. The second-order valence-electron chi connectivity index (χ2n) is 2.67. The summed E-state index contributed by atoms with van der Waals surface area (Å²) in [6.45, 7) is 4.00. The number of nitrogens with two attached hydrogens (primary N) is 1. The third-order valence-electron chi connectivity index (χ3n) is 1.54. The van der Waals surface area contributed by atoms with Crippen molar-refractivity contribution in [1.29, 1.82) is 0 Å². The fourth-order valence-electron chi connectivity index (χ4n) is 1.04. The lowest BCUT2D eigenvalue weighted by molar-refractivity contribution is 0.851. The lowest BCUT2D eigenvalue weighted by Crippen LogP contribution is -2.04. The molecule has 1 heterocycles. The summed E-state index contributed by atoms with van der Waals surface area (Å²) in [6, 6.07) is 0. The van der Waals surface area contributed by atoms with Gasteiger partial charge in [-0.05, 0) is 35.9 Å². The third-order valence-corrected chi connectivity index (χ3v) is 2.72. The van der Waals surface area contributed by atoms with Crippen LogP contribution in [0.25, 0.3) is 0 Å². The Morgan fingerprint density at radius 3 is 2.67 bits per heavy atom. The van der Waals surface area contributed by atoms with Crippen LogP contribution in [0.3, 0.4) is 0 Å². The second kappa shape index (κ2) is 4.02. The van der Waals surface area contributed by atoms with Crippen LogP contribution in [0, 0.1) is 10.5 Å². The number of anilines is 1. The largest absolute Gasteiger partial charge is 0.383 e. The molecule has 66 valence electrons. The molecule has 0 fully saturated rings. The Balaban J connectivity index is 3.09. The number of hydrogen-bond acceptors (Lipinski definition) is 3. The molecular formula is C8H12IN3. The Morgan fingerprint density at radius 1 is 1.42 bits per heavy atom. The van der Waals surface area contributed by atoms with Crippen LogP contribution in [-0.4, -0.2) is 9.97 Å². The summed E-state index contributed by atoms with van der Waals surface area (Å²) in [7, 11) is 0. The van der Waals surface area contributed by atoms with Gasteiger partial charge in [-0.3, -0.25) is 0 Å². The van der Waals surface area contributed by atoms with Gasteiger partial charge in [-0.15, -0.1) is 0 Å². The van der Waals surface area contributed by atoms with Crippen molar-refractivity contribution >= 4 is 28.4 Å². The van der Waals surface area contributed by atoms with E-state index in [1.54, 1.807) is 0 Å². The zero-order chi connectivity index (χ0) is 9.14. The first kappa shape index (κ1) is 9.70. The predicted molar refractivity (Wildman–Crippen MR) is 57.9 cm³/mol. The van der Waals surface area contributed by atoms with Crippen LogP contribution in [0.2, 0.25) is 0 Å². The molecule has 0 aliphatic rings. The SMILES string of the molecule is CCCc1nc(C)nc(N)c1I. The summed E-state index contributed by atoms with van der Waals surface area (Å²) in [5.41, 5.74) is 6.77. The molecule has 0 radical (unpaired) electrons. The third kappa shape index (κ3) is 2.06. The van der Waals surface area contributed by atoms with Crippen LogP contribution in [0.1, 0.15) is 24.9 Å². The minimum Gasteiger partial charge on any atom is -0.383 e. The van der Waals surface area contributed by atoms with E-state index in [1.807, 2.05) is 6.92 Å². The normalized spacial score (nSPS) is 10.2. The maximum absolute atomic E-state index is 5.69. The molecular weight excluding hydrogens is 265 g/mol. The lowest BCUT2D eigenvalue weighted by atomic mass is 10.2. The van der Waals surface area contributed by atoms with E-state index in [1.165, 1.54) is 0 Å². The number of hydrogen-bond donors (Lipinski definition) is 1. The van der Waals surface area contributed by atoms with Gasteiger partial charge in [0.2, 0.25) is 0 Å². The molecule has 0 aliphatic carbocycles. The summed E-state index contributed by atoms with van der Waals surface area (Å²) in [5.74, 6) is 1.36. The molecule has 0 aromatic carbocycles. The summed E-state index contributed by atoms with van der Waals surface area (Å²) in [5, 5.41) is 0. The summed E-state index contributed by atoms with van der Waals surface area (Å²) >= 11 is 2.19. The number of nitrogens with zero attached hydrogens (tertiary/aromatic N) is 2. The Hall–Kier alpha value is -0.390. The van der Waals surface area contributed by atoms with Crippen molar-refractivity contribution in [2.24, 2.45) is 0 Å². The van der Waals surface area contributed by atoms with Crippen molar-refractivity contribution in [3.05, 3.63) is 15.1 Å². The molecule has 0 aliphatic heterocycles. The van der Waals surface area contributed by atoms with Crippen molar-refractivity contribution < 1.29 is 0 Å². The van der Waals surface area contributed by atoms with Gasteiger partial charge in [0.15, 0.2) is 0 Å². The maximum Gasteiger partial charge on any atom is 0.140 e. The molecule has 12 heavy (non-hydrogen) atoms. The quantitative estimate of drug-likeness (QED) is 0.840. The first-order valence-electron chi connectivity index (χ1n) is 3.93. The zero-order valence-electron chi connectivity index (χ0n) is 7.26. The summed E-state index contributed by atoms with van der Waals surface area (Å²) in [6.07, 6.45) is 2.07. The Kier molecular flexibility index (Phi) is 3.25. The smallest absolute Gasteiger partial charge is 0.140 e. The fraction of sp³-hybridized carbons (Fsp3) is 0.500. The average molecular weight is 277 g/mol. The average Bonchev–Trinajstić information content (AvgIpc) is 2.00. The van der Waals surface area contributed by atoms with Crippen molar-refractivity contribution in [3.63, 3.8) is 0 Å². The zero-order valence-corrected chi connectivity index (χ0v) is 9.42. The number of aryl methyl sites for hydroxylation is 2. The molecule has 0 saturated heterocycles. The molecule has 0 bridgehead atoms. The van der Waals surface area contributed by atoms with Gasteiger partial charge in [-0.1, -0.05) is 13.3 Å². The van der Waals surface area contributed by atoms with E-state index < -0.39 is 0 Å². The van der Waals surface area contributed by atoms with Crippen LogP contribution in [0.15, 0.2) is 0 Å². The van der Waals surface area contributed by atoms with Gasteiger partial charge in [-0.25, -0.2) is 9.97 Å². The number of rotatable bonds is 2. The van der Waals surface area contributed by atoms with E-state index in [0.29, 0.717) is 5.82 Å². The molecule has 3 nitrogen and oxygen atoms in total. The minimum atomic E-state index is 0.603. The van der Waals surface area contributed by atoms with Crippen LogP contribution in [-0.2, 0) is 6.42 Å². The molecule has 4 heteroatoms. The molecule has 1 aromatic rings. The van der Waals surface area contributed by atoms with E-state index in [-0.39, 0.29) is 0 Å². The standard InChI is InChI=1S/C8H12IN3/c1-3-4-6-7(9)8(10)12-5(2)11-6/h3-4H2,1-2H3,(H2,10,11,12). The van der Waals surface area contributed by atoms with E-state index >= 15 is 0 Å². The Morgan fingerprint density at radius 2 is 2.08 bits per heavy atom. The maximum atomic E-state index is 5.69. The number of halogens is 1. The van der Waals surface area contributed by atoms with E-state index in [0.717, 1.165) is 27.9 Å². The van der Waals surface area contributed by atoms with Crippen molar-refractivity contribution in [2.75, 3.05) is 5.73 Å². The Labute approximate surface area is 85.9 Å². The molecule has 0 spiro atoms. The number of aromatic nitrogens is 2. The van der Waals surface area contributed by atoms with Gasteiger partial charge in [0.25, 0.3) is 0 Å². The van der Waals surface area contributed by atoms with Crippen LogP contribution in [0.4, 0.5) is 5.82 Å². The molecule has 2 N–H and O–H groups in total. The van der Waals surface area contributed by atoms with Crippen LogP contribution >= 0.6 is 22.6 Å². The first-order chi connectivity index (χ1) is 5.65. The molecule has 0 atom stereocenters. The van der Waals surface area contributed by atoms with Gasteiger partial charge >= 0.3 is 0 Å². The van der Waals surface area contributed by atoms with Crippen LogP contribution in [0.5, 0.6) is 0 Å². The molecule has 0 amide bonds. The fourth-order valence-corrected chi connectivity index (χ4v) is 1.55. The highest BCUT2D eigenvalue weighted by atomic mass is 127. The summed E-state index contributed by atoms with van der Waals surface area (Å²) < 4.78 is 1.00. The highest BCUT2D eigenvalue weighted by Crippen LogP contribution is 2.17. The first-order valence-corrected chi connectivity index (χ1v) is 5.01. The lowest BCUT2D eigenvalue weighted by Gasteiger charge is -2.04. The van der Waals surface area contributed by atoms with E-state index in [4.69, 9.17) is 5.73 Å². The highest BCUT2D eigenvalue weighted by Gasteiger charge is 2.06. The van der Waals surface area contributed by atoms with Gasteiger partial charge in [-0.2, -0.15) is 0 Å². The van der Waals surface area contributed by atoms with E-state index in [9.17, 15) is 0 Å². The number of nitrogen functional groups attached to an aromatic ring is 1. The topological polar surface area (TPSA) is 51.8 Å². The van der Waals surface area contributed by atoms with Gasteiger partial charge < -0.3 is 5.73 Å². The monoisotopic (exact) mass is 277 g/mol. The molecule has 1 aromatic heterocycles. The van der Waals surface area contributed by atoms with Crippen LogP contribution < -0.4 is 5.73 Å². The van der Waals surface area contributed by atoms with Crippen molar-refractivity contribution in [3.8, 4) is 0 Å². The highest BCUT2D eigenvalue weighted by molar-refractivity contribution is 14.1. The Bertz CT molecular complexity index is 286. The molecule has 0 saturated carbocycles. The molecule has 0 unspecified atom stereocenters. The molecule has 1 rings (SSSR count). The van der Waals surface area contributed by atoms with Crippen molar-refractivity contribution in [2.45, 2.75) is 26.7 Å². The minimum absolute atomic E-state index is 0.603. The van der Waals surface area contributed by atoms with E-state index in [2.05, 4.69) is 39.5 Å².